The summed E-state index contributed by atoms with van der Waals surface area (Å²) in [4.78, 5) is 11.4. The van der Waals surface area contributed by atoms with Crippen LogP contribution in [0.4, 0.5) is 13.2 Å². The number of carbonyl (C=O) groups is 1. The number of nitrogens with two attached hydrogens (primary N) is 1. The molecule has 2 atom stereocenters. The maximum absolute atomic E-state index is 12.4. The molecular formula is C12H12F3NO2. The lowest BCUT2D eigenvalue weighted by Gasteiger charge is -2.10. The van der Waals surface area contributed by atoms with E-state index in [0.29, 0.717) is 12.0 Å². The Morgan fingerprint density at radius 2 is 1.94 bits per heavy atom. The number of ether oxygens (including phenoxy) is 1. The van der Waals surface area contributed by atoms with Crippen LogP contribution < -0.4 is 5.73 Å². The number of alkyl halides is 3. The third kappa shape index (κ3) is 2.08. The van der Waals surface area contributed by atoms with Gasteiger partial charge in [-0.2, -0.15) is 13.2 Å². The maximum atomic E-state index is 12.4. The van der Waals surface area contributed by atoms with Crippen LogP contribution in [0.15, 0.2) is 24.3 Å². The smallest absolute Gasteiger partial charge is 0.416 e. The number of hydrogen-bond acceptors (Lipinski definition) is 3. The molecule has 1 aliphatic carbocycles. The second-order valence-corrected chi connectivity index (χ2v) is 4.41. The number of benzene rings is 1. The van der Waals surface area contributed by atoms with Crippen molar-refractivity contribution in [3.05, 3.63) is 35.4 Å². The summed E-state index contributed by atoms with van der Waals surface area (Å²) in [6, 6.07) is 4.69. The van der Waals surface area contributed by atoms with Crippen LogP contribution >= 0.6 is 0 Å². The monoisotopic (exact) mass is 259 g/mol. The molecule has 1 aromatic carbocycles. The zero-order chi connectivity index (χ0) is 13.6. The second-order valence-electron chi connectivity index (χ2n) is 4.41. The highest BCUT2D eigenvalue weighted by Gasteiger charge is 2.58. The molecule has 0 unspecified atom stereocenters. The lowest BCUT2D eigenvalue weighted by molar-refractivity contribution is -0.143. The summed E-state index contributed by atoms with van der Waals surface area (Å²) in [7, 11) is 1.24. The first kappa shape index (κ1) is 12.9. The Balaban J connectivity index is 2.16. The van der Waals surface area contributed by atoms with E-state index in [2.05, 4.69) is 4.74 Å². The van der Waals surface area contributed by atoms with Gasteiger partial charge in [0, 0.05) is 5.92 Å². The average molecular weight is 259 g/mol. The van der Waals surface area contributed by atoms with Crippen LogP contribution in [-0.2, 0) is 15.7 Å². The molecule has 1 fully saturated rings. The van der Waals surface area contributed by atoms with Crippen molar-refractivity contribution in [1.29, 1.82) is 0 Å². The Morgan fingerprint density at radius 3 is 2.39 bits per heavy atom. The van der Waals surface area contributed by atoms with E-state index in [1.165, 1.54) is 19.2 Å². The Hall–Kier alpha value is -1.56. The summed E-state index contributed by atoms with van der Waals surface area (Å²) < 4.78 is 41.7. The van der Waals surface area contributed by atoms with Crippen molar-refractivity contribution in [1.82, 2.24) is 0 Å². The van der Waals surface area contributed by atoms with Gasteiger partial charge in [0.05, 0.1) is 12.7 Å². The van der Waals surface area contributed by atoms with Crippen LogP contribution in [0.3, 0.4) is 0 Å². The van der Waals surface area contributed by atoms with Crippen LogP contribution in [0.2, 0.25) is 0 Å². The van der Waals surface area contributed by atoms with Gasteiger partial charge in [-0.3, -0.25) is 4.79 Å². The Bertz CT molecular complexity index is 469. The fourth-order valence-electron chi connectivity index (χ4n) is 2.01. The molecule has 1 saturated carbocycles. The number of rotatable bonds is 2. The SMILES string of the molecule is COC(=O)[C@]1(N)C[C@@H]1c1ccc(C(F)(F)F)cc1. The average Bonchev–Trinajstić information content (AvgIpc) is 3.01. The molecule has 18 heavy (non-hydrogen) atoms. The fraction of sp³-hybridized carbons (Fsp3) is 0.417. The van der Waals surface area contributed by atoms with Gasteiger partial charge in [-0.1, -0.05) is 12.1 Å². The molecule has 0 saturated heterocycles. The van der Waals surface area contributed by atoms with Crippen molar-refractivity contribution >= 4 is 5.97 Å². The van der Waals surface area contributed by atoms with Crippen molar-refractivity contribution < 1.29 is 22.7 Å². The van der Waals surface area contributed by atoms with Gasteiger partial charge >= 0.3 is 12.1 Å². The minimum atomic E-state index is -4.36. The Morgan fingerprint density at radius 1 is 1.39 bits per heavy atom. The predicted octanol–water partition coefficient (Wildman–Crippen LogP) is 2.06. The minimum absolute atomic E-state index is 0.271. The molecule has 2 N–H and O–H groups in total. The van der Waals surface area contributed by atoms with Gasteiger partial charge in [0.2, 0.25) is 0 Å². The summed E-state index contributed by atoms with van der Waals surface area (Å²) >= 11 is 0. The van der Waals surface area contributed by atoms with Crippen LogP contribution in [0.5, 0.6) is 0 Å². The van der Waals surface area contributed by atoms with Crippen LogP contribution in [-0.4, -0.2) is 18.6 Å². The van der Waals surface area contributed by atoms with Gasteiger partial charge in [-0.15, -0.1) is 0 Å². The van der Waals surface area contributed by atoms with Gasteiger partial charge in [0.15, 0.2) is 0 Å². The van der Waals surface area contributed by atoms with Crippen molar-refractivity contribution in [2.24, 2.45) is 5.73 Å². The van der Waals surface area contributed by atoms with Gasteiger partial charge in [-0.05, 0) is 24.1 Å². The summed E-state index contributed by atoms with van der Waals surface area (Å²) in [5.41, 5.74) is 4.62. The van der Waals surface area contributed by atoms with E-state index in [4.69, 9.17) is 5.73 Å². The van der Waals surface area contributed by atoms with Gasteiger partial charge in [-0.25, -0.2) is 0 Å². The predicted molar refractivity (Wildman–Crippen MR) is 57.7 cm³/mol. The quantitative estimate of drug-likeness (QED) is 0.827. The third-order valence-electron chi connectivity index (χ3n) is 3.21. The Labute approximate surface area is 102 Å². The molecule has 0 heterocycles. The van der Waals surface area contributed by atoms with E-state index in [0.717, 1.165) is 12.1 Å². The zero-order valence-corrected chi connectivity index (χ0v) is 9.62. The van der Waals surface area contributed by atoms with E-state index in [1.807, 2.05) is 0 Å². The Kier molecular flexibility index (Phi) is 2.85. The summed E-state index contributed by atoms with van der Waals surface area (Å²) in [6.45, 7) is 0. The standard InChI is InChI=1S/C12H12F3NO2/c1-18-10(17)11(16)6-9(11)7-2-4-8(5-3-7)12(13,14)15/h2-5,9H,6,16H2,1H3/t9-,11+/m1/s1. The fourth-order valence-corrected chi connectivity index (χ4v) is 2.01. The van der Waals surface area contributed by atoms with Crippen molar-refractivity contribution in [3.8, 4) is 0 Å². The van der Waals surface area contributed by atoms with Crippen LogP contribution in [0, 0.1) is 0 Å². The molecule has 0 aromatic heterocycles. The number of methoxy groups -OCH3 is 1. The molecule has 98 valence electrons. The van der Waals surface area contributed by atoms with Crippen molar-refractivity contribution in [2.75, 3.05) is 7.11 Å². The number of carbonyl (C=O) groups excluding carboxylic acids is 1. The van der Waals surface area contributed by atoms with E-state index < -0.39 is 23.2 Å². The van der Waals surface area contributed by atoms with E-state index in [1.54, 1.807) is 0 Å². The molecule has 0 bridgehead atoms. The molecule has 0 amide bonds. The van der Waals surface area contributed by atoms with Crippen LogP contribution in [0.25, 0.3) is 0 Å². The van der Waals surface area contributed by atoms with Crippen LogP contribution in [0.1, 0.15) is 23.5 Å². The van der Waals surface area contributed by atoms with E-state index >= 15 is 0 Å². The van der Waals surface area contributed by atoms with Crippen molar-refractivity contribution in [2.45, 2.75) is 24.1 Å². The molecule has 6 heteroatoms. The van der Waals surface area contributed by atoms with Gasteiger partial charge < -0.3 is 10.5 Å². The summed E-state index contributed by atoms with van der Waals surface area (Å²) in [6.07, 6.45) is -3.96. The van der Waals surface area contributed by atoms with E-state index in [-0.39, 0.29) is 5.92 Å². The molecule has 2 rings (SSSR count). The number of halogens is 3. The second kappa shape index (κ2) is 3.98. The zero-order valence-electron chi connectivity index (χ0n) is 9.62. The molecular weight excluding hydrogens is 247 g/mol. The third-order valence-corrected chi connectivity index (χ3v) is 3.21. The summed E-state index contributed by atoms with van der Waals surface area (Å²) in [5.74, 6) is -0.806. The lowest BCUT2D eigenvalue weighted by atomic mass is 10.0. The highest BCUT2D eigenvalue weighted by Crippen LogP contribution is 2.50. The molecule has 0 radical (unpaired) electrons. The van der Waals surface area contributed by atoms with Crippen molar-refractivity contribution in [3.63, 3.8) is 0 Å². The molecule has 0 spiro atoms. The topological polar surface area (TPSA) is 52.3 Å². The molecule has 3 nitrogen and oxygen atoms in total. The first-order chi connectivity index (χ1) is 8.29. The maximum Gasteiger partial charge on any atom is 0.416 e. The molecule has 0 aliphatic heterocycles. The number of hydrogen-bond donors (Lipinski definition) is 1. The van der Waals surface area contributed by atoms with E-state index in [9.17, 15) is 18.0 Å². The highest BCUT2D eigenvalue weighted by molar-refractivity contribution is 5.86. The first-order valence-corrected chi connectivity index (χ1v) is 5.33. The first-order valence-electron chi connectivity index (χ1n) is 5.33. The highest BCUT2D eigenvalue weighted by atomic mass is 19.4. The normalized spacial score (nSPS) is 26.8. The largest absolute Gasteiger partial charge is 0.468 e. The summed E-state index contributed by atoms with van der Waals surface area (Å²) in [5, 5.41) is 0. The van der Waals surface area contributed by atoms with Gasteiger partial charge in [0.25, 0.3) is 0 Å². The molecule has 1 aromatic rings. The van der Waals surface area contributed by atoms with Gasteiger partial charge in [0.1, 0.15) is 5.54 Å². The lowest BCUT2D eigenvalue weighted by Crippen LogP contribution is -2.35. The number of esters is 1. The minimum Gasteiger partial charge on any atom is -0.468 e. The molecule has 1 aliphatic rings.